The van der Waals surface area contributed by atoms with E-state index in [9.17, 15) is 14.7 Å². The van der Waals surface area contributed by atoms with Crippen molar-refractivity contribution in [3.05, 3.63) is 76.5 Å². The fourth-order valence-electron chi connectivity index (χ4n) is 6.25. The highest BCUT2D eigenvalue weighted by Crippen LogP contribution is 2.45. The molecule has 5 heteroatoms. The van der Waals surface area contributed by atoms with Gasteiger partial charge in [-0.05, 0) is 61.8 Å². The average molecular weight is 455 g/mol. The largest absolute Gasteiger partial charge is 0.507 e. The van der Waals surface area contributed by atoms with Gasteiger partial charge in [0.25, 0.3) is 11.7 Å². The highest BCUT2D eigenvalue weighted by Gasteiger charge is 2.49. The number of hydrogen-bond acceptors (Lipinski definition) is 3. The first-order valence-electron chi connectivity index (χ1n) is 12.6. The quantitative estimate of drug-likeness (QED) is 0.298. The van der Waals surface area contributed by atoms with Crippen LogP contribution in [0, 0.1) is 0 Å². The first-order valence-corrected chi connectivity index (χ1v) is 12.6. The van der Waals surface area contributed by atoms with Crippen molar-refractivity contribution < 1.29 is 14.7 Å². The molecule has 1 aromatic heterocycles. The van der Waals surface area contributed by atoms with E-state index in [-0.39, 0.29) is 17.4 Å². The Morgan fingerprint density at radius 1 is 0.912 bits per heavy atom. The number of ketones is 1. The lowest BCUT2D eigenvalue weighted by Crippen LogP contribution is -2.40. The van der Waals surface area contributed by atoms with Gasteiger partial charge in [0.2, 0.25) is 0 Å². The number of benzene rings is 2. The number of aliphatic hydroxyl groups excluding tert-OH is 1. The van der Waals surface area contributed by atoms with Gasteiger partial charge in [0.1, 0.15) is 5.76 Å². The summed E-state index contributed by atoms with van der Waals surface area (Å²) in [5, 5.41) is 12.5. The van der Waals surface area contributed by atoms with Crippen LogP contribution in [0.1, 0.15) is 73.2 Å². The van der Waals surface area contributed by atoms with Crippen molar-refractivity contribution in [1.29, 1.82) is 0 Å². The van der Waals surface area contributed by atoms with Gasteiger partial charge in [0, 0.05) is 34.3 Å². The third kappa shape index (κ3) is 3.37. The van der Waals surface area contributed by atoms with Gasteiger partial charge in [-0.2, -0.15) is 0 Å². The van der Waals surface area contributed by atoms with Gasteiger partial charge in [-0.25, -0.2) is 0 Å². The molecule has 2 fully saturated rings. The summed E-state index contributed by atoms with van der Waals surface area (Å²) in [6, 6.07) is 13.4. The van der Waals surface area contributed by atoms with Gasteiger partial charge in [0.15, 0.2) is 0 Å². The van der Waals surface area contributed by atoms with E-state index in [1.54, 1.807) is 4.90 Å². The highest BCUT2D eigenvalue weighted by atomic mass is 16.3. The standard InChI is InChI=1S/C29H30N2O3/c32-27(20-15-14-18-8-4-5-9-19(18)16-20)25-26(23-17-30-24-13-7-6-12-22(23)24)31(29(34)28(25)33)21-10-2-1-3-11-21/h6-7,12-17,21,26,30,32H,1-5,8-11H2/b27-25+. The molecular weight excluding hydrogens is 424 g/mol. The second-order valence-electron chi connectivity index (χ2n) is 9.98. The third-order valence-corrected chi connectivity index (χ3v) is 7.99. The number of para-hydroxylation sites is 1. The molecule has 3 aliphatic rings. The van der Waals surface area contributed by atoms with Crippen molar-refractivity contribution >= 4 is 28.4 Å². The van der Waals surface area contributed by atoms with Crippen LogP contribution in [0.15, 0.2) is 54.2 Å². The zero-order chi connectivity index (χ0) is 23.2. The molecule has 2 N–H and O–H groups in total. The van der Waals surface area contributed by atoms with Gasteiger partial charge in [-0.15, -0.1) is 0 Å². The predicted molar refractivity (Wildman–Crippen MR) is 132 cm³/mol. The van der Waals surface area contributed by atoms with E-state index in [0.29, 0.717) is 5.56 Å². The summed E-state index contributed by atoms with van der Waals surface area (Å²) in [5.41, 5.74) is 5.24. The molecule has 0 bridgehead atoms. The zero-order valence-corrected chi connectivity index (χ0v) is 19.3. The molecular formula is C29H30N2O3. The fourth-order valence-corrected chi connectivity index (χ4v) is 6.25. The molecule has 1 amide bonds. The summed E-state index contributed by atoms with van der Waals surface area (Å²) in [5.74, 6) is -1.11. The number of nitrogens with zero attached hydrogens (tertiary/aromatic N) is 1. The van der Waals surface area contributed by atoms with Crippen LogP contribution in [0.2, 0.25) is 0 Å². The molecule has 1 saturated carbocycles. The maximum absolute atomic E-state index is 13.5. The maximum atomic E-state index is 13.5. The summed E-state index contributed by atoms with van der Waals surface area (Å²) in [6.45, 7) is 0. The van der Waals surface area contributed by atoms with Crippen LogP contribution in [-0.4, -0.2) is 32.7 Å². The molecule has 3 aromatic rings. The van der Waals surface area contributed by atoms with E-state index in [1.165, 1.54) is 17.5 Å². The van der Waals surface area contributed by atoms with Gasteiger partial charge < -0.3 is 15.0 Å². The Labute approximate surface area is 199 Å². The van der Waals surface area contributed by atoms with Gasteiger partial charge in [-0.3, -0.25) is 9.59 Å². The molecule has 2 heterocycles. The van der Waals surface area contributed by atoms with Gasteiger partial charge >= 0.3 is 0 Å². The van der Waals surface area contributed by atoms with Crippen LogP contribution in [0.25, 0.3) is 16.7 Å². The Morgan fingerprint density at radius 3 is 2.50 bits per heavy atom. The highest BCUT2D eigenvalue weighted by molar-refractivity contribution is 6.46. The van der Waals surface area contributed by atoms with Crippen molar-refractivity contribution in [2.24, 2.45) is 0 Å². The molecule has 0 spiro atoms. The van der Waals surface area contributed by atoms with Crippen molar-refractivity contribution in [3.8, 4) is 0 Å². The van der Waals surface area contributed by atoms with E-state index in [1.807, 2.05) is 42.6 Å². The van der Waals surface area contributed by atoms with Crippen LogP contribution in [0.3, 0.4) is 0 Å². The number of fused-ring (bicyclic) bond motifs is 2. The number of Topliss-reactive ketones (excluding diaryl/α,β-unsaturated/α-hetero) is 1. The summed E-state index contributed by atoms with van der Waals surface area (Å²) in [7, 11) is 0. The average Bonchev–Trinajstić information content (AvgIpc) is 3.42. The number of H-pyrrole nitrogens is 1. The number of carbonyl (C=O) groups is 2. The fraction of sp³-hybridized carbons (Fsp3) is 0.379. The molecule has 1 atom stereocenters. The Balaban J connectivity index is 1.53. The number of carbonyl (C=O) groups excluding carboxylic acids is 2. The number of rotatable bonds is 3. The molecule has 2 aliphatic carbocycles. The number of aryl methyl sites for hydroxylation is 2. The van der Waals surface area contributed by atoms with E-state index < -0.39 is 17.7 Å². The van der Waals surface area contributed by atoms with Gasteiger partial charge in [0.05, 0.1) is 11.6 Å². The first-order chi connectivity index (χ1) is 16.6. The minimum Gasteiger partial charge on any atom is -0.507 e. The molecule has 0 radical (unpaired) electrons. The second kappa shape index (κ2) is 8.46. The number of nitrogens with one attached hydrogen (secondary N) is 1. The molecule has 1 aliphatic heterocycles. The minimum absolute atomic E-state index is 0.0118. The van der Waals surface area contributed by atoms with Crippen LogP contribution < -0.4 is 0 Å². The van der Waals surface area contributed by atoms with Crippen molar-refractivity contribution in [2.75, 3.05) is 0 Å². The summed E-state index contributed by atoms with van der Waals surface area (Å²) >= 11 is 0. The van der Waals surface area contributed by atoms with Crippen LogP contribution in [-0.2, 0) is 22.4 Å². The number of amides is 1. The summed E-state index contributed by atoms with van der Waals surface area (Å²) < 4.78 is 0. The van der Waals surface area contributed by atoms with E-state index in [2.05, 4.69) is 11.1 Å². The van der Waals surface area contributed by atoms with E-state index >= 15 is 0 Å². The number of aliphatic hydroxyl groups is 1. The lowest BCUT2D eigenvalue weighted by atomic mass is 9.88. The van der Waals surface area contributed by atoms with Crippen molar-refractivity contribution in [3.63, 3.8) is 0 Å². The topological polar surface area (TPSA) is 73.4 Å². The third-order valence-electron chi connectivity index (χ3n) is 7.99. The number of aromatic nitrogens is 1. The Bertz CT molecular complexity index is 1310. The first kappa shape index (κ1) is 21.2. The van der Waals surface area contributed by atoms with Crippen molar-refractivity contribution in [2.45, 2.75) is 69.9 Å². The Hall–Kier alpha value is -3.34. The summed E-state index contributed by atoms with van der Waals surface area (Å²) in [6.07, 6.45) is 11.3. The molecule has 34 heavy (non-hydrogen) atoms. The van der Waals surface area contributed by atoms with Crippen LogP contribution >= 0.6 is 0 Å². The van der Waals surface area contributed by atoms with Crippen LogP contribution in [0.5, 0.6) is 0 Å². The SMILES string of the molecule is O=C1C(=O)N(C2CCCCC2)C(c2c[nH]c3ccccc23)/C1=C(\O)c1ccc2c(c1)CCCC2. The van der Waals surface area contributed by atoms with E-state index in [0.717, 1.165) is 67.8 Å². The molecule has 174 valence electrons. The molecule has 1 saturated heterocycles. The monoisotopic (exact) mass is 454 g/mol. The number of hydrogen-bond donors (Lipinski definition) is 2. The van der Waals surface area contributed by atoms with E-state index in [4.69, 9.17) is 0 Å². The summed E-state index contributed by atoms with van der Waals surface area (Å²) in [4.78, 5) is 32.0. The smallest absolute Gasteiger partial charge is 0.295 e. The zero-order valence-electron chi connectivity index (χ0n) is 19.3. The number of aromatic amines is 1. The Kier molecular flexibility index (Phi) is 5.28. The Morgan fingerprint density at radius 2 is 1.68 bits per heavy atom. The van der Waals surface area contributed by atoms with Crippen LogP contribution in [0.4, 0.5) is 0 Å². The molecule has 6 rings (SSSR count). The maximum Gasteiger partial charge on any atom is 0.295 e. The predicted octanol–water partition coefficient (Wildman–Crippen LogP) is 5.80. The van der Waals surface area contributed by atoms with Crippen molar-refractivity contribution in [1.82, 2.24) is 9.88 Å². The normalized spacial score (nSPS) is 22.9. The molecule has 1 unspecified atom stereocenters. The molecule has 5 nitrogen and oxygen atoms in total. The lowest BCUT2D eigenvalue weighted by molar-refractivity contribution is -0.141. The second-order valence-corrected chi connectivity index (χ2v) is 9.98. The molecule has 2 aromatic carbocycles. The minimum atomic E-state index is -0.588. The van der Waals surface area contributed by atoms with Gasteiger partial charge in [-0.1, -0.05) is 49.6 Å². The lowest BCUT2D eigenvalue weighted by Gasteiger charge is -2.35. The number of likely N-dealkylation sites (tertiary alicyclic amines) is 1.